The molecule has 161 valence electrons. The third-order valence-corrected chi connectivity index (χ3v) is 28.4. The van der Waals surface area contributed by atoms with E-state index in [1.165, 1.54) is 22.3 Å². The van der Waals surface area contributed by atoms with Gasteiger partial charge in [-0.1, -0.05) is 0 Å². The van der Waals surface area contributed by atoms with Crippen LogP contribution in [0.25, 0.3) is 22.3 Å². The molecule has 0 N–H and O–H groups in total. The molecule has 6 rings (SSSR count). The van der Waals surface area contributed by atoms with Crippen molar-refractivity contribution in [1.29, 1.82) is 0 Å². The quantitative estimate of drug-likeness (QED) is 0.226. The van der Waals surface area contributed by atoms with Crippen molar-refractivity contribution in [1.82, 2.24) is 0 Å². The van der Waals surface area contributed by atoms with Crippen molar-refractivity contribution in [3.63, 3.8) is 0 Å². The van der Waals surface area contributed by atoms with Gasteiger partial charge in [0.1, 0.15) is 0 Å². The molecule has 0 amide bonds. The number of halogens is 2. The summed E-state index contributed by atoms with van der Waals surface area (Å²) in [7, 11) is 0. The third kappa shape index (κ3) is 3.51. The Labute approximate surface area is 212 Å². The zero-order valence-corrected chi connectivity index (χ0v) is 23.5. The molecule has 0 aromatic heterocycles. The fourth-order valence-corrected chi connectivity index (χ4v) is 28.1. The molecule has 0 bridgehead atoms. The Hall–Kier alpha value is -1.44. The molecule has 0 saturated carbocycles. The average molecular weight is 554 g/mol. The maximum Gasteiger partial charge on any atom is -0.147 e. The summed E-state index contributed by atoms with van der Waals surface area (Å²) >= 11 is -2.00. The van der Waals surface area contributed by atoms with Gasteiger partial charge in [0.2, 0.25) is 0 Å². The predicted octanol–water partition coefficient (Wildman–Crippen LogP) is 7.97. The molecule has 0 unspecified atom stereocenters. The van der Waals surface area contributed by atoms with E-state index in [2.05, 4.69) is 110 Å². The summed E-state index contributed by atoms with van der Waals surface area (Å²) in [6, 6.07) is 37.1. The van der Waals surface area contributed by atoms with Gasteiger partial charge in [0.05, 0.1) is 0 Å². The molecule has 0 spiro atoms. The summed E-state index contributed by atoms with van der Waals surface area (Å²) in [4.78, 5) is 0. The van der Waals surface area contributed by atoms with Crippen LogP contribution >= 0.6 is 24.8 Å². The summed E-state index contributed by atoms with van der Waals surface area (Å²) in [5.41, 5.74) is 12.5. The summed E-state index contributed by atoms with van der Waals surface area (Å²) in [5, 5.41) is 0. The first kappa shape index (κ1) is 23.7. The minimum atomic E-state index is -2.00. The number of benzene rings is 4. The van der Waals surface area contributed by atoms with Gasteiger partial charge in [-0.15, -0.1) is 24.8 Å². The molecule has 4 aromatic carbocycles. The third-order valence-electron chi connectivity index (χ3n) is 7.00. The van der Waals surface area contributed by atoms with E-state index in [-0.39, 0.29) is 24.8 Å². The van der Waals surface area contributed by atoms with E-state index < -0.39 is 26.8 Å². The monoisotopic (exact) mass is 551 g/mol. The first-order chi connectivity index (χ1) is 14.8. The Bertz CT molecular complexity index is 1080. The van der Waals surface area contributed by atoms with Crippen molar-refractivity contribution >= 4 is 30.7 Å². The minimum Gasteiger partial charge on any atom is -0.147 e. The van der Waals surface area contributed by atoms with Crippen molar-refractivity contribution in [2.75, 3.05) is 0 Å². The van der Waals surface area contributed by atoms with E-state index in [9.17, 15) is 0 Å². The van der Waals surface area contributed by atoms with Crippen molar-refractivity contribution in [2.24, 2.45) is 0 Å². The zero-order chi connectivity index (χ0) is 20.2. The Balaban J connectivity index is 0.00000122. The standard InChI is InChI=1S/2C13H9.C2H7Si.2ClH.Zr/c2*1-3-7-12-10(5-1)9-11-6-2-4-8-13(11)12;1-3-2;;;/h2*1-9H;3H,1-2H3;2*1H;. The summed E-state index contributed by atoms with van der Waals surface area (Å²) in [6.45, 7) is 5.28. The number of rotatable bonds is 3. The predicted molar refractivity (Wildman–Crippen MR) is 141 cm³/mol. The topological polar surface area (TPSA) is 0 Å². The average Bonchev–Trinajstić information content (AvgIpc) is 3.29. The van der Waals surface area contributed by atoms with E-state index in [4.69, 9.17) is 0 Å². The molecule has 4 aromatic rings. The van der Waals surface area contributed by atoms with Crippen LogP contribution in [0.3, 0.4) is 0 Å². The second-order valence-electron chi connectivity index (χ2n) is 8.87. The molecule has 0 aliphatic heterocycles. The normalized spacial score (nSPS) is 13.5. The van der Waals surface area contributed by atoms with Crippen molar-refractivity contribution in [3.8, 4) is 22.3 Å². The molecule has 4 heteroatoms. The summed E-state index contributed by atoms with van der Waals surface area (Å²) < 4.78 is 1.35. The molecule has 0 heterocycles. The second-order valence-corrected chi connectivity index (χ2v) is 28.9. The van der Waals surface area contributed by atoms with Crippen LogP contribution in [-0.2, 0) is 20.9 Å². The Morgan fingerprint density at radius 1 is 0.469 bits per heavy atom. The molecule has 0 atom stereocenters. The summed E-state index contributed by atoms with van der Waals surface area (Å²) in [6.07, 6.45) is 0. The molecule has 0 fully saturated rings. The zero-order valence-electron chi connectivity index (χ0n) is 18.3. The fraction of sp³-hybridized carbons (Fsp3) is 0.143. The van der Waals surface area contributed by atoms with Gasteiger partial charge in [0.25, 0.3) is 0 Å². The fourth-order valence-electron chi connectivity index (χ4n) is 5.86. The van der Waals surface area contributed by atoms with E-state index in [0.717, 1.165) is 0 Å². The molecule has 2 aliphatic rings. The number of hydrogen-bond donors (Lipinski definition) is 0. The molecule has 32 heavy (non-hydrogen) atoms. The van der Waals surface area contributed by atoms with E-state index >= 15 is 0 Å². The minimum absolute atomic E-state index is 0. The van der Waals surface area contributed by atoms with Crippen LogP contribution < -0.4 is 0 Å². The molecular weight excluding hydrogens is 527 g/mol. The first-order valence-electron chi connectivity index (χ1n) is 11.0. The van der Waals surface area contributed by atoms with Crippen molar-refractivity contribution < 1.29 is 20.9 Å². The van der Waals surface area contributed by atoms with Crippen LogP contribution in [0.1, 0.15) is 29.5 Å². The maximum atomic E-state index is 2.64. The van der Waals surface area contributed by atoms with Crippen molar-refractivity contribution in [2.45, 2.75) is 20.3 Å². The summed E-state index contributed by atoms with van der Waals surface area (Å²) in [5.74, 6) is -0.830. The molecule has 0 saturated heterocycles. The Morgan fingerprint density at radius 2 is 0.719 bits per heavy atom. The molecule has 0 nitrogen and oxygen atoms in total. The molecular formula is C28H27Cl2SiZr. The van der Waals surface area contributed by atoms with Gasteiger partial charge in [-0.2, -0.15) is 0 Å². The van der Waals surface area contributed by atoms with Crippen LogP contribution in [0.15, 0.2) is 97.1 Å². The SMILES string of the molecule is C[SiH](C)[Zr]([CH]1c2ccccc2-c2ccccc21)[CH]1c2ccccc2-c2ccccc21.Cl.Cl. The van der Waals surface area contributed by atoms with Crippen molar-refractivity contribution in [3.05, 3.63) is 119 Å². The van der Waals surface area contributed by atoms with Gasteiger partial charge < -0.3 is 0 Å². The second kappa shape index (κ2) is 9.43. The van der Waals surface area contributed by atoms with Gasteiger partial charge >= 0.3 is 189 Å². The van der Waals surface area contributed by atoms with Crippen LogP contribution in [-0.4, -0.2) is 5.92 Å². The van der Waals surface area contributed by atoms with E-state index in [1.807, 2.05) is 0 Å². The molecule has 0 radical (unpaired) electrons. The van der Waals surface area contributed by atoms with Crippen LogP contribution in [0, 0.1) is 0 Å². The maximum absolute atomic E-state index is 2.64. The largest absolute Gasteiger partial charge is 0.147 e. The van der Waals surface area contributed by atoms with Gasteiger partial charge in [0.15, 0.2) is 0 Å². The van der Waals surface area contributed by atoms with Crippen LogP contribution in [0.2, 0.25) is 13.1 Å². The van der Waals surface area contributed by atoms with Gasteiger partial charge in [-0.25, -0.2) is 0 Å². The van der Waals surface area contributed by atoms with Crippen LogP contribution in [0.5, 0.6) is 0 Å². The van der Waals surface area contributed by atoms with Gasteiger partial charge in [0, 0.05) is 0 Å². The van der Waals surface area contributed by atoms with Crippen LogP contribution in [0.4, 0.5) is 0 Å². The number of hydrogen-bond acceptors (Lipinski definition) is 0. The Morgan fingerprint density at radius 3 is 0.969 bits per heavy atom. The molecule has 2 aliphatic carbocycles. The first-order valence-corrected chi connectivity index (χ1v) is 21.0. The van der Waals surface area contributed by atoms with Gasteiger partial charge in [-0.3, -0.25) is 0 Å². The Kier molecular flexibility index (Phi) is 6.99. The number of fused-ring (bicyclic) bond motifs is 6. The van der Waals surface area contributed by atoms with E-state index in [1.54, 1.807) is 22.3 Å². The smallest absolute Gasteiger partial charge is 0.147 e. The van der Waals surface area contributed by atoms with Gasteiger partial charge in [-0.05, 0) is 0 Å². The van der Waals surface area contributed by atoms with E-state index in [0.29, 0.717) is 7.25 Å².